The summed E-state index contributed by atoms with van der Waals surface area (Å²) in [5.74, 6) is 0.0749. The van der Waals surface area contributed by atoms with Crippen molar-refractivity contribution in [3.8, 4) is 11.5 Å². The molecule has 1 aromatic carbocycles. The van der Waals surface area contributed by atoms with Gasteiger partial charge in [-0.3, -0.25) is 4.98 Å². The van der Waals surface area contributed by atoms with Gasteiger partial charge >= 0.3 is 0 Å². The summed E-state index contributed by atoms with van der Waals surface area (Å²) >= 11 is 0. The molecule has 1 aliphatic heterocycles. The molecule has 1 aliphatic carbocycles. The van der Waals surface area contributed by atoms with Gasteiger partial charge in [0.2, 0.25) is 0 Å². The molecule has 0 bridgehead atoms. The summed E-state index contributed by atoms with van der Waals surface area (Å²) in [6, 6.07) is 7.25. The maximum Gasteiger partial charge on any atom is 0.162 e. The average molecular weight is 360 g/mol. The molecule has 26 heavy (non-hydrogen) atoms. The lowest BCUT2D eigenvalue weighted by Crippen LogP contribution is -2.26. The van der Waals surface area contributed by atoms with Crippen molar-refractivity contribution in [2.24, 2.45) is 11.8 Å². The first-order valence-corrected chi connectivity index (χ1v) is 9.05. The number of ether oxygens (including phenoxy) is 1. The van der Waals surface area contributed by atoms with Crippen LogP contribution in [-0.2, 0) is 6.42 Å². The molecule has 2 aromatic rings. The zero-order chi connectivity index (χ0) is 18.1. The SMILES string of the molecule is Oc1ccc(CCN2C[C@H]3C[C@H](Oc4ccc(F)c(F)c4)C[C@H]3C2)nc1. The zero-order valence-corrected chi connectivity index (χ0v) is 14.4. The molecule has 0 radical (unpaired) electrons. The first-order valence-electron chi connectivity index (χ1n) is 9.05. The van der Waals surface area contributed by atoms with Gasteiger partial charge < -0.3 is 14.7 Å². The Balaban J connectivity index is 1.26. The van der Waals surface area contributed by atoms with Crippen LogP contribution >= 0.6 is 0 Å². The minimum atomic E-state index is -0.866. The fraction of sp³-hybridized carbons (Fsp3) is 0.450. The highest BCUT2D eigenvalue weighted by Gasteiger charge is 2.41. The van der Waals surface area contributed by atoms with Crippen molar-refractivity contribution in [3.05, 3.63) is 53.9 Å². The molecule has 1 N–H and O–H groups in total. The van der Waals surface area contributed by atoms with E-state index < -0.39 is 11.6 Å². The van der Waals surface area contributed by atoms with Gasteiger partial charge in [-0.05, 0) is 48.9 Å². The van der Waals surface area contributed by atoms with Crippen LogP contribution in [0.3, 0.4) is 0 Å². The number of benzene rings is 1. The number of halogens is 2. The van der Waals surface area contributed by atoms with Crippen molar-refractivity contribution < 1.29 is 18.6 Å². The Labute approximate surface area is 151 Å². The third-order valence-electron chi connectivity index (χ3n) is 5.47. The first kappa shape index (κ1) is 17.2. The van der Waals surface area contributed by atoms with E-state index in [1.54, 1.807) is 6.07 Å². The quantitative estimate of drug-likeness (QED) is 0.888. The first-order chi connectivity index (χ1) is 12.6. The second-order valence-corrected chi connectivity index (χ2v) is 7.32. The third-order valence-corrected chi connectivity index (χ3v) is 5.47. The molecule has 2 fully saturated rings. The Kier molecular flexibility index (Phi) is 4.76. The van der Waals surface area contributed by atoms with E-state index in [2.05, 4.69) is 9.88 Å². The van der Waals surface area contributed by atoms with Crippen molar-refractivity contribution in [2.75, 3.05) is 19.6 Å². The highest BCUT2D eigenvalue weighted by atomic mass is 19.2. The minimum absolute atomic E-state index is 0.0794. The number of pyridine rings is 1. The molecule has 4 rings (SSSR count). The lowest BCUT2D eigenvalue weighted by molar-refractivity contribution is 0.185. The number of fused-ring (bicyclic) bond motifs is 1. The molecule has 6 heteroatoms. The van der Waals surface area contributed by atoms with Gasteiger partial charge in [-0.25, -0.2) is 8.78 Å². The third kappa shape index (κ3) is 3.80. The number of aromatic nitrogens is 1. The second kappa shape index (κ2) is 7.19. The Morgan fingerprint density at radius 3 is 2.50 bits per heavy atom. The van der Waals surface area contributed by atoms with Gasteiger partial charge in [0.1, 0.15) is 11.5 Å². The summed E-state index contributed by atoms with van der Waals surface area (Å²) in [5.41, 5.74) is 0.986. The Morgan fingerprint density at radius 1 is 1.08 bits per heavy atom. The molecule has 0 spiro atoms. The van der Waals surface area contributed by atoms with Crippen LogP contribution in [0.1, 0.15) is 18.5 Å². The van der Waals surface area contributed by atoms with Crippen LogP contribution < -0.4 is 4.74 Å². The minimum Gasteiger partial charge on any atom is -0.506 e. The normalized spacial score (nSPS) is 25.4. The van der Waals surface area contributed by atoms with Crippen LogP contribution in [0.4, 0.5) is 8.78 Å². The van der Waals surface area contributed by atoms with Crippen LogP contribution in [0.2, 0.25) is 0 Å². The van der Waals surface area contributed by atoms with E-state index >= 15 is 0 Å². The number of hydrogen-bond donors (Lipinski definition) is 1. The van der Waals surface area contributed by atoms with Gasteiger partial charge in [-0.1, -0.05) is 0 Å². The second-order valence-electron chi connectivity index (χ2n) is 7.32. The Morgan fingerprint density at radius 2 is 1.85 bits per heavy atom. The molecule has 2 heterocycles. The fourth-order valence-electron chi connectivity index (χ4n) is 4.20. The number of rotatable bonds is 5. The van der Waals surface area contributed by atoms with Gasteiger partial charge in [0.15, 0.2) is 11.6 Å². The summed E-state index contributed by atoms with van der Waals surface area (Å²) in [7, 11) is 0. The standard InChI is InChI=1S/C20H22F2N2O2/c21-19-4-3-17(9-20(19)22)26-18-7-13-11-24(12-14(13)8-18)6-5-15-1-2-16(25)10-23-15/h1-4,9-10,13-14,18,25H,5-8,11-12H2/t13-,14+,18+. The molecule has 0 unspecified atom stereocenters. The fourth-order valence-corrected chi connectivity index (χ4v) is 4.20. The number of hydrogen-bond acceptors (Lipinski definition) is 4. The van der Waals surface area contributed by atoms with E-state index in [0.29, 0.717) is 17.6 Å². The highest BCUT2D eigenvalue weighted by Crippen LogP contribution is 2.39. The lowest BCUT2D eigenvalue weighted by Gasteiger charge is -2.19. The van der Waals surface area contributed by atoms with Crippen molar-refractivity contribution in [1.82, 2.24) is 9.88 Å². The van der Waals surface area contributed by atoms with Crippen molar-refractivity contribution >= 4 is 0 Å². The summed E-state index contributed by atoms with van der Waals surface area (Å²) in [6.07, 6.45) is 4.34. The van der Waals surface area contributed by atoms with Crippen molar-refractivity contribution in [2.45, 2.75) is 25.4 Å². The molecule has 4 nitrogen and oxygen atoms in total. The van der Waals surface area contributed by atoms with Crippen molar-refractivity contribution in [1.29, 1.82) is 0 Å². The Bertz CT molecular complexity index is 755. The molecular formula is C20H22F2N2O2. The smallest absolute Gasteiger partial charge is 0.162 e. The highest BCUT2D eigenvalue weighted by molar-refractivity contribution is 5.24. The predicted molar refractivity (Wildman–Crippen MR) is 93.0 cm³/mol. The average Bonchev–Trinajstić information content (AvgIpc) is 3.16. The van der Waals surface area contributed by atoms with Crippen LogP contribution in [-0.4, -0.2) is 40.7 Å². The molecule has 1 saturated heterocycles. The number of nitrogens with zero attached hydrogens (tertiary/aromatic N) is 2. The van der Waals surface area contributed by atoms with Gasteiger partial charge in [0.05, 0.1) is 12.3 Å². The van der Waals surface area contributed by atoms with Crippen LogP contribution in [0.15, 0.2) is 36.5 Å². The molecular weight excluding hydrogens is 338 g/mol. The van der Waals surface area contributed by atoms with E-state index in [1.807, 2.05) is 6.07 Å². The van der Waals surface area contributed by atoms with Gasteiger partial charge in [0.25, 0.3) is 0 Å². The lowest BCUT2D eigenvalue weighted by atomic mass is 10.0. The largest absolute Gasteiger partial charge is 0.506 e. The van der Waals surface area contributed by atoms with Crippen LogP contribution in [0.5, 0.6) is 11.5 Å². The van der Waals surface area contributed by atoms with Gasteiger partial charge in [0, 0.05) is 37.8 Å². The maximum atomic E-state index is 13.3. The van der Waals surface area contributed by atoms with Crippen molar-refractivity contribution in [3.63, 3.8) is 0 Å². The Hall–Kier alpha value is -2.21. The summed E-state index contributed by atoms with van der Waals surface area (Å²) < 4.78 is 32.2. The number of likely N-dealkylation sites (tertiary alicyclic amines) is 1. The molecule has 138 valence electrons. The molecule has 0 amide bonds. The summed E-state index contributed by atoms with van der Waals surface area (Å²) in [6.45, 7) is 3.04. The summed E-state index contributed by atoms with van der Waals surface area (Å²) in [5, 5.41) is 9.28. The van der Waals surface area contributed by atoms with E-state index in [0.717, 1.165) is 56.7 Å². The van der Waals surface area contributed by atoms with E-state index in [1.165, 1.54) is 12.3 Å². The molecule has 3 atom stereocenters. The summed E-state index contributed by atoms with van der Waals surface area (Å²) in [4.78, 5) is 6.69. The molecule has 1 saturated carbocycles. The van der Waals surface area contributed by atoms with Gasteiger partial charge in [-0.15, -0.1) is 0 Å². The van der Waals surface area contributed by atoms with Crippen LogP contribution in [0, 0.1) is 23.5 Å². The number of aromatic hydroxyl groups is 1. The topological polar surface area (TPSA) is 45.6 Å². The maximum absolute atomic E-state index is 13.3. The predicted octanol–water partition coefficient (Wildman–Crippen LogP) is 3.40. The van der Waals surface area contributed by atoms with Crippen LogP contribution in [0.25, 0.3) is 0 Å². The van der Waals surface area contributed by atoms with E-state index in [-0.39, 0.29) is 11.9 Å². The van der Waals surface area contributed by atoms with E-state index in [9.17, 15) is 13.9 Å². The molecule has 2 aliphatic rings. The van der Waals surface area contributed by atoms with E-state index in [4.69, 9.17) is 4.74 Å². The molecule has 1 aromatic heterocycles. The zero-order valence-electron chi connectivity index (χ0n) is 14.4. The monoisotopic (exact) mass is 360 g/mol. The van der Waals surface area contributed by atoms with Gasteiger partial charge in [-0.2, -0.15) is 0 Å².